The molecule has 2 N–H and O–H groups in total. The molecule has 0 aromatic rings. The molecule has 14 atom stereocenters. The Balaban J connectivity index is 1.21. The first-order chi connectivity index (χ1) is 24.0. The highest BCUT2D eigenvalue weighted by molar-refractivity contribution is 5.85. The van der Waals surface area contributed by atoms with E-state index in [0.717, 1.165) is 24.8 Å². The summed E-state index contributed by atoms with van der Waals surface area (Å²) in [6.07, 6.45) is -0.438. The molecule has 4 aliphatic carbocycles. The van der Waals surface area contributed by atoms with Gasteiger partial charge in [-0.3, -0.25) is 19.2 Å². The lowest BCUT2D eigenvalue weighted by Gasteiger charge is -2.65. The van der Waals surface area contributed by atoms with Crippen molar-refractivity contribution in [3.8, 4) is 0 Å². The molecule has 284 valence electrons. The lowest BCUT2D eigenvalue weighted by atomic mass is 9.42. The van der Waals surface area contributed by atoms with Crippen LogP contribution in [-0.4, -0.2) is 102 Å². The van der Waals surface area contributed by atoms with Crippen LogP contribution in [0.1, 0.15) is 92.9 Å². The summed E-state index contributed by atoms with van der Waals surface area (Å²) in [7, 11) is 0. The van der Waals surface area contributed by atoms with Gasteiger partial charge in [0.2, 0.25) is 0 Å². The Morgan fingerprint density at radius 3 is 2.14 bits per heavy atom. The van der Waals surface area contributed by atoms with Gasteiger partial charge < -0.3 is 43.4 Å². The zero-order valence-corrected chi connectivity index (χ0v) is 30.3. The molecule has 0 radical (unpaired) electrons. The van der Waals surface area contributed by atoms with Crippen LogP contribution in [0.4, 0.5) is 0 Å². The van der Waals surface area contributed by atoms with Crippen molar-refractivity contribution in [1.29, 1.82) is 0 Å². The van der Waals surface area contributed by atoms with Crippen LogP contribution in [0.15, 0.2) is 11.6 Å². The molecule has 5 unspecified atom stereocenters. The van der Waals surface area contributed by atoms with Gasteiger partial charge in [-0.25, -0.2) is 4.79 Å². The summed E-state index contributed by atoms with van der Waals surface area (Å²) in [5, 5.41) is 24.5. The van der Waals surface area contributed by atoms with E-state index >= 15 is 0 Å². The Hall–Kier alpha value is -3.07. The second-order valence-corrected chi connectivity index (χ2v) is 16.0. The summed E-state index contributed by atoms with van der Waals surface area (Å²) in [6, 6.07) is 0. The number of aliphatic hydroxyl groups is 2. The highest BCUT2D eigenvalue weighted by Crippen LogP contribution is 2.70. The molecule has 6 rings (SSSR count). The first-order valence-corrected chi connectivity index (χ1v) is 18.2. The maximum absolute atomic E-state index is 12.6. The predicted molar refractivity (Wildman–Crippen MR) is 174 cm³/mol. The van der Waals surface area contributed by atoms with E-state index in [0.29, 0.717) is 32.1 Å². The summed E-state index contributed by atoms with van der Waals surface area (Å²) in [6.45, 7) is 8.88. The summed E-state index contributed by atoms with van der Waals surface area (Å²) < 4.78 is 39.9. The van der Waals surface area contributed by atoms with E-state index in [1.165, 1.54) is 33.8 Å². The molecule has 14 nitrogen and oxygen atoms in total. The van der Waals surface area contributed by atoms with Crippen LogP contribution in [-0.2, 0) is 57.1 Å². The SMILES string of the molecule is CC(=O)OCC1O[C@@H](O[C@@H]2CC[C@]3(C)C4C[C@@H](O)[C@]5(C)[C@@H](C6=CC(=O)OC6)CC[C@]5(O)C4CC[C@@H]3C2)C(OC(C)=O)C(OC(C)=O)[C@@H]1OC(C)=O. The van der Waals surface area contributed by atoms with Gasteiger partial charge in [0, 0.05) is 39.2 Å². The Kier molecular flexibility index (Phi) is 10.4. The summed E-state index contributed by atoms with van der Waals surface area (Å²) in [5.74, 6) is -3.00. The summed E-state index contributed by atoms with van der Waals surface area (Å²) in [5.41, 5.74) is -1.24. The first kappa shape index (κ1) is 37.7. The fourth-order valence-electron chi connectivity index (χ4n) is 11.0. The molecule has 0 spiro atoms. The number of aliphatic hydroxyl groups excluding tert-OH is 1. The lowest BCUT2D eigenvalue weighted by molar-refractivity contribution is -0.322. The van der Waals surface area contributed by atoms with Gasteiger partial charge >= 0.3 is 29.8 Å². The zero-order valence-electron chi connectivity index (χ0n) is 30.3. The number of fused-ring (bicyclic) bond motifs is 5. The number of hydrogen-bond acceptors (Lipinski definition) is 14. The topological polar surface area (TPSA) is 190 Å². The number of carbonyl (C=O) groups is 5. The van der Waals surface area contributed by atoms with E-state index in [-0.39, 0.29) is 54.4 Å². The van der Waals surface area contributed by atoms with E-state index in [1.807, 2.05) is 6.92 Å². The van der Waals surface area contributed by atoms with Crippen molar-refractivity contribution in [1.82, 2.24) is 0 Å². The molecule has 0 aromatic heterocycles. The number of esters is 5. The second kappa shape index (κ2) is 14.1. The molecule has 51 heavy (non-hydrogen) atoms. The molecule has 4 saturated carbocycles. The minimum Gasteiger partial charge on any atom is -0.463 e. The van der Waals surface area contributed by atoms with E-state index in [1.54, 1.807) is 0 Å². The molecule has 2 heterocycles. The van der Waals surface area contributed by atoms with Crippen molar-refractivity contribution in [3.05, 3.63) is 11.6 Å². The third-order valence-electron chi connectivity index (χ3n) is 13.3. The van der Waals surface area contributed by atoms with Crippen molar-refractivity contribution in [2.45, 2.75) is 141 Å². The van der Waals surface area contributed by atoms with Gasteiger partial charge in [-0.2, -0.15) is 0 Å². The van der Waals surface area contributed by atoms with Crippen LogP contribution < -0.4 is 0 Å². The number of carbonyl (C=O) groups excluding carboxylic acids is 5. The second-order valence-electron chi connectivity index (χ2n) is 16.0. The Morgan fingerprint density at radius 1 is 0.843 bits per heavy atom. The quantitative estimate of drug-likeness (QED) is 0.211. The van der Waals surface area contributed by atoms with Gasteiger partial charge in [0.05, 0.1) is 17.8 Å². The largest absolute Gasteiger partial charge is 0.463 e. The smallest absolute Gasteiger partial charge is 0.331 e. The van der Waals surface area contributed by atoms with Crippen LogP contribution in [0.2, 0.25) is 0 Å². The van der Waals surface area contributed by atoms with E-state index in [2.05, 4.69) is 6.92 Å². The average molecular weight is 721 g/mol. The van der Waals surface area contributed by atoms with Crippen molar-refractivity contribution in [3.63, 3.8) is 0 Å². The van der Waals surface area contributed by atoms with Gasteiger partial charge in [-0.15, -0.1) is 0 Å². The number of ether oxygens (including phenoxy) is 7. The van der Waals surface area contributed by atoms with Crippen molar-refractivity contribution in [2.24, 2.45) is 34.5 Å². The fraction of sp³-hybridized carbons (Fsp3) is 0.811. The molecule has 1 saturated heterocycles. The number of hydrogen-bond donors (Lipinski definition) is 2. The van der Waals surface area contributed by atoms with Crippen LogP contribution in [0.25, 0.3) is 0 Å². The number of cyclic esters (lactones) is 1. The Morgan fingerprint density at radius 2 is 1.51 bits per heavy atom. The van der Waals surface area contributed by atoms with E-state index < -0.39 is 71.7 Å². The summed E-state index contributed by atoms with van der Waals surface area (Å²) >= 11 is 0. The van der Waals surface area contributed by atoms with Crippen LogP contribution >= 0.6 is 0 Å². The molecule has 5 fully saturated rings. The lowest BCUT2D eigenvalue weighted by Crippen LogP contribution is -2.67. The van der Waals surface area contributed by atoms with Crippen LogP contribution in [0.5, 0.6) is 0 Å². The van der Waals surface area contributed by atoms with Gasteiger partial charge in [0.1, 0.15) is 19.3 Å². The Labute approximate surface area is 297 Å². The molecule has 0 aromatic carbocycles. The fourth-order valence-corrected chi connectivity index (χ4v) is 11.0. The van der Waals surface area contributed by atoms with Gasteiger partial charge in [0.25, 0.3) is 0 Å². The first-order valence-electron chi connectivity index (χ1n) is 18.2. The summed E-state index contributed by atoms with van der Waals surface area (Å²) in [4.78, 5) is 60.4. The van der Waals surface area contributed by atoms with Crippen LogP contribution in [0.3, 0.4) is 0 Å². The molecule has 2 aliphatic heterocycles. The van der Waals surface area contributed by atoms with Gasteiger partial charge in [-0.05, 0) is 86.0 Å². The molecular weight excluding hydrogens is 668 g/mol. The average Bonchev–Trinajstić information content (AvgIpc) is 3.59. The molecule has 0 amide bonds. The van der Waals surface area contributed by atoms with Crippen LogP contribution in [0, 0.1) is 34.5 Å². The third-order valence-corrected chi connectivity index (χ3v) is 13.3. The van der Waals surface area contributed by atoms with E-state index in [4.69, 9.17) is 33.2 Å². The molecule has 0 bridgehead atoms. The molecular formula is C37H52O14. The number of rotatable bonds is 8. The van der Waals surface area contributed by atoms with Gasteiger partial charge in [-0.1, -0.05) is 13.8 Å². The standard InChI is InChI=1S/C37H52O14/c1-18(38)45-17-28-31(47-19(2)39)32(48-20(3)40)33(49-21(4)41)34(51-28)50-24-9-11-35(5)23(14-24)7-8-26-27(35)15-29(42)36(6)25(10-12-37(26,36)44)22-13-30(43)46-16-22/h13,23-29,31-34,42,44H,7-12,14-17H2,1-6H3/t23-,24-,25-,26?,27?,28?,29-,31-,32?,33?,34-,35+,36+,37+/m1/s1. The maximum atomic E-state index is 12.6. The predicted octanol–water partition coefficient (Wildman–Crippen LogP) is 2.68. The van der Waals surface area contributed by atoms with E-state index in [9.17, 15) is 34.2 Å². The van der Waals surface area contributed by atoms with Gasteiger partial charge in [0.15, 0.2) is 24.6 Å². The minimum absolute atomic E-state index is 0.0204. The Bertz CT molecular complexity index is 1440. The normalized spacial score (nSPS) is 44.5. The highest BCUT2D eigenvalue weighted by Gasteiger charge is 2.71. The minimum atomic E-state index is -1.31. The van der Waals surface area contributed by atoms with Crippen molar-refractivity contribution >= 4 is 29.8 Å². The van der Waals surface area contributed by atoms with Crippen molar-refractivity contribution in [2.75, 3.05) is 13.2 Å². The zero-order chi connectivity index (χ0) is 37.0. The molecule has 6 aliphatic rings. The highest BCUT2D eigenvalue weighted by atomic mass is 16.7. The van der Waals surface area contributed by atoms with Crippen molar-refractivity contribution < 1.29 is 67.3 Å². The molecule has 14 heteroatoms. The maximum Gasteiger partial charge on any atom is 0.331 e. The monoisotopic (exact) mass is 720 g/mol. The third kappa shape index (κ3) is 6.70.